The van der Waals surface area contributed by atoms with Gasteiger partial charge in [-0.2, -0.15) is 13.2 Å². The molecule has 0 radical (unpaired) electrons. The molecule has 1 aromatic heterocycles. The van der Waals surface area contributed by atoms with E-state index in [0.29, 0.717) is 53.8 Å². The molecule has 0 saturated carbocycles. The molecule has 3 aromatic rings. The van der Waals surface area contributed by atoms with Gasteiger partial charge in [-0.1, -0.05) is 12.0 Å². The van der Waals surface area contributed by atoms with E-state index in [1.807, 2.05) is 10.4 Å². The lowest BCUT2D eigenvalue weighted by Gasteiger charge is -2.27. The van der Waals surface area contributed by atoms with Crippen molar-refractivity contribution in [2.24, 2.45) is 0 Å². The van der Waals surface area contributed by atoms with E-state index in [9.17, 15) is 17.7 Å². The van der Waals surface area contributed by atoms with Crippen LogP contribution in [0.25, 0.3) is 10.9 Å². The molecular weight excluding hydrogens is 555 g/mol. The first-order chi connectivity index (χ1) is 19.8. The fourth-order valence-corrected chi connectivity index (χ4v) is 6.28. The third kappa shape index (κ3) is 7.42. The minimum absolute atomic E-state index is 0.177. The van der Waals surface area contributed by atoms with Crippen LogP contribution in [0.15, 0.2) is 47.4 Å². The van der Waals surface area contributed by atoms with Crippen molar-refractivity contribution < 1.29 is 27.2 Å². The van der Waals surface area contributed by atoms with Gasteiger partial charge in [-0.3, -0.25) is 0 Å². The Kier molecular flexibility index (Phi) is 9.52. The van der Waals surface area contributed by atoms with Gasteiger partial charge in [0.15, 0.2) is 4.90 Å². The van der Waals surface area contributed by atoms with E-state index >= 15 is 0 Å². The molecule has 5 rings (SSSR count). The summed E-state index contributed by atoms with van der Waals surface area (Å²) < 4.78 is 67.5. The summed E-state index contributed by atoms with van der Waals surface area (Å²) in [6.45, 7) is 3.13. The number of morpholine rings is 1. The van der Waals surface area contributed by atoms with Gasteiger partial charge in [-0.15, -0.1) is 4.31 Å². The zero-order chi connectivity index (χ0) is 28.8. The Balaban J connectivity index is 1.33. The van der Waals surface area contributed by atoms with E-state index in [1.54, 1.807) is 36.4 Å². The molecular formula is C29H34F3N5O3S. The highest BCUT2D eigenvalue weighted by molar-refractivity contribution is 7.89. The van der Waals surface area contributed by atoms with Gasteiger partial charge in [0.05, 0.1) is 68.2 Å². The number of halogens is 3. The van der Waals surface area contributed by atoms with E-state index in [-0.39, 0.29) is 12.6 Å². The zero-order valence-corrected chi connectivity index (χ0v) is 23.7. The van der Waals surface area contributed by atoms with Crippen LogP contribution in [0.1, 0.15) is 18.5 Å². The fourth-order valence-electron chi connectivity index (χ4n) is 5.11. The van der Waals surface area contributed by atoms with Crippen molar-refractivity contribution in [2.75, 3.05) is 63.7 Å². The van der Waals surface area contributed by atoms with Crippen molar-refractivity contribution in [1.29, 1.82) is 0 Å². The number of hydrogen-bond donors (Lipinski definition) is 3. The largest absolute Gasteiger partial charge is 0.593 e. The van der Waals surface area contributed by atoms with E-state index in [1.165, 1.54) is 11.7 Å². The maximum Gasteiger partial charge on any atom is 0.406 e. The molecule has 41 heavy (non-hydrogen) atoms. The third-order valence-electron chi connectivity index (χ3n) is 7.14. The van der Waals surface area contributed by atoms with Crippen LogP contribution in [-0.2, 0) is 22.6 Å². The molecule has 2 aliphatic rings. The van der Waals surface area contributed by atoms with Gasteiger partial charge in [0.25, 0.3) is 0 Å². The zero-order valence-electron chi connectivity index (χ0n) is 22.9. The Bertz CT molecular complexity index is 1390. The summed E-state index contributed by atoms with van der Waals surface area (Å²) in [7, 11) is 1.53. The van der Waals surface area contributed by atoms with Crippen LogP contribution in [0.5, 0.6) is 5.75 Å². The van der Waals surface area contributed by atoms with Gasteiger partial charge in [-0.05, 0) is 62.2 Å². The number of methoxy groups -OCH3 is 1. The van der Waals surface area contributed by atoms with Crippen LogP contribution in [0.4, 0.5) is 24.5 Å². The average Bonchev–Trinajstić information content (AvgIpc) is 3.32. The number of nitrogens with one attached hydrogen (secondary N) is 3. The van der Waals surface area contributed by atoms with Crippen molar-refractivity contribution in [1.82, 2.24) is 14.2 Å². The molecule has 0 bridgehead atoms. The lowest BCUT2D eigenvalue weighted by atomic mass is 10.1. The van der Waals surface area contributed by atoms with Crippen LogP contribution in [0.2, 0.25) is 0 Å². The second kappa shape index (κ2) is 13.3. The molecule has 0 amide bonds. The Labute approximate surface area is 240 Å². The number of anilines is 2. The van der Waals surface area contributed by atoms with Crippen LogP contribution in [0, 0.1) is 11.8 Å². The quantitative estimate of drug-likeness (QED) is 0.268. The predicted octanol–water partition coefficient (Wildman–Crippen LogP) is 4.19. The van der Waals surface area contributed by atoms with E-state index in [0.717, 1.165) is 37.0 Å². The molecule has 2 saturated heterocycles. The number of nitrogens with zero attached hydrogens (tertiary/aromatic N) is 2. The maximum atomic E-state index is 13.6. The molecule has 3 N–H and O–H groups in total. The number of benzene rings is 2. The van der Waals surface area contributed by atoms with Gasteiger partial charge in [0, 0.05) is 23.2 Å². The summed E-state index contributed by atoms with van der Waals surface area (Å²) in [4.78, 5) is 0.617. The average molecular weight is 590 g/mol. The van der Waals surface area contributed by atoms with Crippen LogP contribution in [0.3, 0.4) is 0 Å². The minimum Gasteiger partial charge on any atom is -0.593 e. The SMILES string of the molecule is COc1cc([S+]([O-])N2CCOCC2)ccc1NCC#Cc1cc2c(NC3CCNCC3)cccc2n1CC(F)(F)F. The summed E-state index contributed by atoms with van der Waals surface area (Å²) in [5.74, 6) is 6.41. The lowest BCUT2D eigenvalue weighted by Crippen LogP contribution is -2.40. The maximum absolute atomic E-state index is 13.6. The van der Waals surface area contributed by atoms with Gasteiger partial charge >= 0.3 is 6.18 Å². The van der Waals surface area contributed by atoms with Crippen molar-refractivity contribution in [3.8, 4) is 17.6 Å². The molecule has 2 aromatic carbocycles. The van der Waals surface area contributed by atoms with E-state index in [2.05, 4.69) is 27.8 Å². The van der Waals surface area contributed by atoms with Gasteiger partial charge < -0.3 is 34.5 Å². The molecule has 2 fully saturated rings. The van der Waals surface area contributed by atoms with Crippen molar-refractivity contribution in [3.05, 3.63) is 48.2 Å². The Morgan fingerprint density at radius 1 is 1.12 bits per heavy atom. The molecule has 220 valence electrons. The summed E-state index contributed by atoms with van der Waals surface area (Å²) in [6, 6.07) is 12.6. The van der Waals surface area contributed by atoms with E-state index in [4.69, 9.17) is 9.47 Å². The molecule has 0 aliphatic carbocycles. The summed E-state index contributed by atoms with van der Waals surface area (Å²) >= 11 is -1.33. The Hall–Kier alpha value is -3.08. The molecule has 1 atom stereocenters. The highest BCUT2D eigenvalue weighted by Crippen LogP contribution is 2.32. The highest BCUT2D eigenvalue weighted by atomic mass is 32.2. The summed E-state index contributed by atoms with van der Waals surface area (Å²) in [5, 5.41) is 10.7. The molecule has 2 aliphatic heterocycles. The van der Waals surface area contributed by atoms with Crippen LogP contribution >= 0.6 is 0 Å². The number of alkyl halides is 3. The summed E-state index contributed by atoms with van der Waals surface area (Å²) in [5.41, 5.74) is 2.25. The first kappa shape index (κ1) is 29.4. The normalized spacial score (nSPS) is 17.6. The minimum atomic E-state index is -4.39. The third-order valence-corrected chi connectivity index (χ3v) is 8.64. The van der Waals surface area contributed by atoms with Crippen molar-refractivity contribution in [2.45, 2.75) is 36.5 Å². The molecule has 8 nitrogen and oxygen atoms in total. The summed E-state index contributed by atoms with van der Waals surface area (Å²) in [6.07, 6.45) is -2.49. The number of aromatic nitrogens is 1. The first-order valence-corrected chi connectivity index (χ1v) is 14.7. The number of ether oxygens (including phenoxy) is 2. The van der Waals surface area contributed by atoms with E-state index < -0.39 is 24.1 Å². The Morgan fingerprint density at radius 3 is 2.63 bits per heavy atom. The lowest BCUT2D eigenvalue weighted by molar-refractivity contribution is -0.140. The second-order valence-electron chi connectivity index (χ2n) is 9.95. The molecule has 12 heteroatoms. The molecule has 3 heterocycles. The number of fused-ring (bicyclic) bond motifs is 1. The highest BCUT2D eigenvalue weighted by Gasteiger charge is 2.30. The smallest absolute Gasteiger partial charge is 0.406 e. The number of rotatable bonds is 8. The molecule has 0 spiro atoms. The fraction of sp³-hybridized carbons (Fsp3) is 0.448. The predicted molar refractivity (Wildman–Crippen MR) is 155 cm³/mol. The van der Waals surface area contributed by atoms with Crippen LogP contribution < -0.4 is 20.7 Å². The standard InChI is InChI=1S/C29H34F3N5O3S/c1-39-28-19-23(41(38)36-14-16-40-17-15-36)7-8-26(28)34-11-3-4-22-18-24-25(35-21-9-12-33-13-10-21)5-2-6-27(24)37(22)20-29(30,31)32/h2,5-8,18-19,21,33-35H,9-17,20H2,1H3. The van der Waals surface area contributed by atoms with Crippen molar-refractivity contribution >= 4 is 33.6 Å². The van der Waals surface area contributed by atoms with Gasteiger partial charge in [0.1, 0.15) is 12.3 Å². The van der Waals surface area contributed by atoms with Gasteiger partial charge in [0.2, 0.25) is 0 Å². The second-order valence-corrected chi connectivity index (χ2v) is 11.4. The Morgan fingerprint density at radius 2 is 1.90 bits per heavy atom. The van der Waals surface area contributed by atoms with Crippen LogP contribution in [-0.4, -0.2) is 78.7 Å². The van der Waals surface area contributed by atoms with Gasteiger partial charge in [-0.25, -0.2) is 0 Å². The number of piperidine rings is 1. The molecule has 1 unspecified atom stereocenters. The topological polar surface area (TPSA) is 85.8 Å². The monoisotopic (exact) mass is 589 g/mol. The first-order valence-electron chi connectivity index (χ1n) is 13.6. The number of hydrogen-bond acceptors (Lipinski definition) is 7. The van der Waals surface area contributed by atoms with Crippen molar-refractivity contribution in [3.63, 3.8) is 0 Å².